The number of aromatic amines is 1. The molecule has 33 heavy (non-hydrogen) atoms. The van der Waals surface area contributed by atoms with Gasteiger partial charge in [-0.15, -0.1) is 0 Å². The van der Waals surface area contributed by atoms with Crippen molar-refractivity contribution < 1.29 is 14.3 Å². The molecule has 0 aliphatic carbocycles. The molecule has 1 aliphatic rings. The number of pyridine rings is 1. The quantitative estimate of drug-likeness (QED) is 0.484. The number of hydrogen-bond donors (Lipinski definition) is 1. The Morgan fingerprint density at radius 1 is 1.15 bits per heavy atom. The number of hydrogen-bond acceptors (Lipinski definition) is 6. The summed E-state index contributed by atoms with van der Waals surface area (Å²) in [6, 6.07) is 7.94. The van der Waals surface area contributed by atoms with E-state index in [4.69, 9.17) is 9.47 Å². The summed E-state index contributed by atoms with van der Waals surface area (Å²) in [6.07, 6.45) is 7.15. The number of carbonyl (C=O) groups is 1. The lowest BCUT2D eigenvalue weighted by Gasteiger charge is -2.13. The van der Waals surface area contributed by atoms with Gasteiger partial charge in [-0.1, -0.05) is 6.07 Å². The Hall–Kier alpha value is -3.98. The summed E-state index contributed by atoms with van der Waals surface area (Å²) in [5.74, 6) is 0.306. The van der Waals surface area contributed by atoms with Gasteiger partial charge in [0.15, 0.2) is 0 Å². The lowest BCUT2D eigenvalue weighted by Crippen LogP contribution is -2.22. The van der Waals surface area contributed by atoms with Crippen molar-refractivity contribution in [2.24, 2.45) is 7.05 Å². The molecule has 3 aromatic heterocycles. The van der Waals surface area contributed by atoms with Crippen LogP contribution in [0.4, 0.5) is 0 Å². The third kappa shape index (κ3) is 3.98. The van der Waals surface area contributed by atoms with E-state index < -0.39 is 0 Å². The van der Waals surface area contributed by atoms with Crippen molar-refractivity contribution in [3.05, 3.63) is 59.2 Å². The van der Waals surface area contributed by atoms with Crippen LogP contribution in [-0.2, 0) is 18.4 Å². The van der Waals surface area contributed by atoms with E-state index in [0.717, 1.165) is 33.4 Å². The third-order valence-electron chi connectivity index (χ3n) is 5.62. The molecule has 0 radical (unpaired) electrons. The SMILES string of the molecule is CN(C)C(=O)c1cnc2c(c1)/C=C/c1n[nH]c3ccc(cc13)-c1cnn(C)c1COCCO2. The van der Waals surface area contributed by atoms with Gasteiger partial charge in [0.2, 0.25) is 5.88 Å². The largest absolute Gasteiger partial charge is 0.475 e. The molecule has 1 aliphatic heterocycles. The number of ether oxygens (including phenoxy) is 2. The number of fused-ring (bicyclic) bond motifs is 4. The normalized spacial score (nSPS) is 14.6. The fourth-order valence-electron chi connectivity index (χ4n) is 3.82. The van der Waals surface area contributed by atoms with Crippen LogP contribution in [0.5, 0.6) is 5.88 Å². The molecule has 4 aromatic rings. The fourth-order valence-corrected chi connectivity index (χ4v) is 3.82. The number of aryl methyl sites for hydroxylation is 1. The Balaban J connectivity index is 1.62. The van der Waals surface area contributed by atoms with Gasteiger partial charge in [0.1, 0.15) is 6.61 Å². The topological polar surface area (TPSA) is 98.2 Å². The van der Waals surface area contributed by atoms with Crippen molar-refractivity contribution >= 4 is 29.0 Å². The fraction of sp³-hybridized carbons (Fsp3) is 0.250. The molecule has 168 valence electrons. The molecule has 0 saturated heterocycles. The highest BCUT2D eigenvalue weighted by Crippen LogP contribution is 2.29. The van der Waals surface area contributed by atoms with E-state index in [0.29, 0.717) is 36.8 Å². The third-order valence-corrected chi connectivity index (χ3v) is 5.62. The van der Waals surface area contributed by atoms with Crippen molar-refractivity contribution in [3.8, 4) is 17.0 Å². The molecule has 9 heteroatoms. The van der Waals surface area contributed by atoms with Crippen molar-refractivity contribution in [2.45, 2.75) is 6.61 Å². The maximum absolute atomic E-state index is 12.4. The minimum atomic E-state index is -0.126. The Labute approximate surface area is 190 Å². The molecule has 0 unspecified atom stereocenters. The number of nitrogens with zero attached hydrogens (tertiary/aromatic N) is 5. The van der Waals surface area contributed by atoms with Gasteiger partial charge >= 0.3 is 0 Å². The van der Waals surface area contributed by atoms with Gasteiger partial charge in [-0.05, 0) is 35.9 Å². The summed E-state index contributed by atoms with van der Waals surface area (Å²) in [6.45, 7) is 1.11. The van der Waals surface area contributed by atoms with Crippen LogP contribution in [0.2, 0.25) is 0 Å². The molecular weight excluding hydrogens is 420 g/mol. The van der Waals surface area contributed by atoms with Gasteiger partial charge in [-0.2, -0.15) is 10.2 Å². The van der Waals surface area contributed by atoms with E-state index in [1.54, 1.807) is 20.2 Å². The first-order valence-electron chi connectivity index (χ1n) is 10.6. The molecule has 4 heterocycles. The molecule has 2 bridgehead atoms. The van der Waals surface area contributed by atoms with E-state index in [1.807, 2.05) is 42.2 Å². The second-order valence-corrected chi connectivity index (χ2v) is 8.05. The van der Waals surface area contributed by atoms with Crippen LogP contribution in [0.25, 0.3) is 34.2 Å². The number of rotatable bonds is 1. The summed E-state index contributed by atoms with van der Waals surface area (Å²) >= 11 is 0. The smallest absolute Gasteiger partial charge is 0.254 e. The van der Waals surface area contributed by atoms with Gasteiger partial charge in [0, 0.05) is 43.9 Å². The molecule has 1 aromatic carbocycles. The Kier molecular flexibility index (Phi) is 5.39. The number of amides is 1. The highest BCUT2D eigenvalue weighted by atomic mass is 16.5. The van der Waals surface area contributed by atoms with E-state index in [-0.39, 0.29) is 5.91 Å². The number of aromatic nitrogens is 5. The van der Waals surface area contributed by atoms with Crippen molar-refractivity contribution in [1.29, 1.82) is 0 Å². The predicted molar refractivity (Wildman–Crippen MR) is 125 cm³/mol. The highest BCUT2D eigenvalue weighted by Gasteiger charge is 2.15. The standard InChI is InChI=1S/C24H24N6O3/c1-29(2)24(31)17-10-16-5-7-21-18-11-15(4-6-20(18)27-28-21)19-13-26-30(3)22(19)14-32-8-9-33-23(16)25-12-17/h4-7,10-13H,8-9,14H2,1-3H3,(H,27,28)/b7-5+. The summed E-state index contributed by atoms with van der Waals surface area (Å²) in [7, 11) is 5.33. The average molecular weight is 444 g/mol. The molecule has 0 atom stereocenters. The molecule has 9 nitrogen and oxygen atoms in total. The minimum Gasteiger partial charge on any atom is -0.475 e. The zero-order valence-corrected chi connectivity index (χ0v) is 18.7. The first-order chi connectivity index (χ1) is 16.0. The van der Waals surface area contributed by atoms with Gasteiger partial charge in [0.25, 0.3) is 5.91 Å². The van der Waals surface area contributed by atoms with Crippen LogP contribution < -0.4 is 4.74 Å². The maximum atomic E-state index is 12.4. The van der Waals surface area contributed by atoms with Crippen LogP contribution in [0.1, 0.15) is 27.3 Å². The van der Waals surface area contributed by atoms with E-state index in [9.17, 15) is 4.79 Å². The summed E-state index contributed by atoms with van der Waals surface area (Å²) in [5, 5.41) is 12.9. The summed E-state index contributed by atoms with van der Waals surface area (Å²) in [5.41, 5.74) is 5.92. The van der Waals surface area contributed by atoms with Gasteiger partial charge in [0.05, 0.1) is 41.9 Å². The summed E-state index contributed by atoms with van der Waals surface area (Å²) < 4.78 is 13.6. The van der Waals surface area contributed by atoms with Gasteiger partial charge in [-0.25, -0.2) is 4.98 Å². The van der Waals surface area contributed by atoms with E-state index in [2.05, 4.69) is 26.3 Å². The molecule has 0 fully saturated rings. The van der Waals surface area contributed by atoms with Crippen molar-refractivity contribution in [1.82, 2.24) is 29.9 Å². The Morgan fingerprint density at radius 3 is 2.88 bits per heavy atom. The van der Waals surface area contributed by atoms with Crippen molar-refractivity contribution in [3.63, 3.8) is 0 Å². The molecule has 0 saturated carbocycles. The van der Waals surface area contributed by atoms with E-state index >= 15 is 0 Å². The van der Waals surface area contributed by atoms with Crippen LogP contribution in [0, 0.1) is 0 Å². The highest BCUT2D eigenvalue weighted by molar-refractivity contribution is 5.95. The van der Waals surface area contributed by atoms with Crippen LogP contribution in [0.3, 0.4) is 0 Å². The predicted octanol–water partition coefficient (Wildman–Crippen LogP) is 3.14. The lowest BCUT2D eigenvalue weighted by atomic mass is 10.0. The van der Waals surface area contributed by atoms with Gasteiger partial charge in [-0.3, -0.25) is 14.6 Å². The lowest BCUT2D eigenvalue weighted by molar-refractivity contribution is 0.0821. The molecule has 0 spiro atoms. The first kappa shape index (κ1) is 20.9. The zero-order chi connectivity index (χ0) is 22.9. The number of benzene rings is 1. The monoisotopic (exact) mass is 444 g/mol. The zero-order valence-electron chi connectivity index (χ0n) is 18.7. The minimum absolute atomic E-state index is 0.126. The molecule has 1 amide bonds. The number of nitrogens with one attached hydrogen (secondary N) is 1. The Bertz CT molecular complexity index is 1370. The molecular formula is C24H24N6O3. The number of carbonyl (C=O) groups excluding carboxylic acids is 1. The second kappa shape index (κ2) is 8.51. The van der Waals surface area contributed by atoms with Crippen LogP contribution in [0.15, 0.2) is 36.7 Å². The van der Waals surface area contributed by atoms with Crippen LogP contribution >= 0.6 is 0 Å². The number of H-pyrrole nitrogens is 1. The molecule has 5 rings (SSSR count). The van der Waals surface area contributed by atoms with E-state index in [1.165, 1.54) is 11.1 Å². The molecule has 1 N–H and O–H groups in total. The average Bonchev–Trinajstić information content (AvgIpc) is 3.39. The second-order valence-electron chi connectivity index (χ2n) is 8.05. The van der Waals surface area contributed by atoms with Crippen molar-refractivity contribution in [2.75, 3.05) is 27.3 Å². The summed E-state index contributed by atoms with van der Waals surface area (Å²) in [4.78, 5) is 18.4. The Morgan fingerprint density at radius 2 is 2.03 bits per heavy atom. The van der Waals surface area contributed by atoms with Crippen LogP contribution in [-0.4, -0.2) is 63.1 Å². The van der Waals surface area contributed by atoms with Gasteiger partial charge < -0.3 is 14.4 Å². The first-order valence-corrected chi connectivity index (χ1v) is 10.6. The maximum Gasteiger partial charge on any atom is 0.254 e.